The molecule has 9 heteroatoms. The van der Waals surface area contributed by atoms with E-state index in [4.69, 9.17) is 10.5 Å². The third-order valence-corrected chi connectivity index (χ3v) is 5.20. The Labute approximate surface area is 186 Å². The van der Waals surface area contributed by atoms with Crippen LogP contribution in [0.15, 0.2) is 66.9 Å². The lowest BCUT2D eigenvalue weighted by Gasteiger charge is -2.12. The number of nitrogens with two attached hydrogens (primary N) is 1. The maximum absolute atomic E-state index is 13.9. The van der Waals surface area contributed by atoms with E-state index < -0.39 is 11.6 Å². The van der Waals surface area contributed by atoms with Gasteiger partial charge in [-0.2, -0.15) is 9.49 Å². The number of ether oxygens (including phenoxy) is 1. The van der Waals surface area contributed by atoms with Crippen LogP contribution in [-0.2, 0) is 0 Å². The largest absolute Gasteiger partial charge is 0.454 e. The lowest BCUT2D eigenvalue weighted by Crippen LogP contribution is -2.09. The summed E-state index contributed by atoms with van der Waals surface area (Å²) in [4.78, 5) is 20.3. The van der Waals surface area contributed by atoms with Gasteiger partial charge in [0.25, 0.3) is 0 Å². The number of benzene rings is 3. The number of halogens is 2. The van der Waals surface area contributed by atoms with Gasteiger partial charge in [-0.05, 0) is 55.0 Å². The smallest absolute Gasteiger partial charge is 0.233 e. The van der Waals surface area contributed by atoms with E-state index in [1.165, 1.54) is 23.0 Å². The van der Waals surface area contributed by atoms with Crippen LogP contribution in [0.25, 0.3) is 16.7 Å². The van der Waals surface area contributed by atoms with Crippen LogP contribution in [0.2, 0.25) is 0 Å². The van der Waals surface area contributed by atoms with Gasteiger partial charge < -0.3 is 15.5 Å². The average Bonchev–Trinajstić information content (AvgIpc) is 3.40. The summed E-state index contributed by atoms with van der Waals surface area (Å²) in [7, 11) is 0. The first-order chi connectivity index (χ1) is 15.9. The number of aromatic amines is 1. The van der Waals surface area contributed by atoms with Crippen molar-refractivity contribution in [3.8, 4) is 17.2 Å². The van der Waals surface area contributed by atoms with Gasteiger partial charge in [-0.15, -0.1) is 0 Å². The highest BCUT2D eigenvalue weighted by molar-refractivity contribution is 6.10. The number of hydrogen-bond donors (Lipinski definition) is 2. The van der Waals surface area contributed by atoms with E-state index in [1.807, 2.05) is 18.2 Å². The van der Waals surface area contributed by atoms with Gasteiger partial charge >= 0.3 is 0 Å². The molecule has 0 atom stereocenters. The first-order valence-electron chi connectivity index (χ1n) is 9.98. The predicted molar refractivity (Wildman–Crippen MR) is 119 cm³/mol. The number of anilines is 1. The molecule has 2 heterocycles. The summed E-state index contributed by atoms with van der Waals surface area (Å²) in [6.07, 6.45) is 1.39. The molecule has 0 amide bonds. The summed E-state index contributed by atoms with van der Waals surface area (Å²) in [5, 5.41) is 4.27. The van der Waals surface area contributed by atoms with E-state index in [0.29, 0.717) is 22.5 Å². The number of nitrogen functional groups attached to an aromatic ring is 1. The summed E-state index contributed by atoms with van der Waals surface area (Å²) < 4.78 is 34.2. The van der Waals surface area contributed by atoms with Crippen molar-refractivity contribution in [1.29, 1.82) is 0 Å². The lowest BCUT2D eigenvalue weighted by atomic mass is 10.1. The molecule has 0 radical (unpaired) electrons. The van der Waals surface area contributed by atoms with Gasteiger partial charge in [0.1, 0.15) is 11.6 Å². The molecule has 0 unspecified atom stereocenters. The molecule has 164 valence electrons. The number of aryl methyl sites for hydroxylation is 1. The second-order valence-electron chi connectivity index (χ2n) is 7.39. The summed E-state index contributed by atoms with van der Waals surface area (Å²) in [6, 6.07) is 15.9. The predicted octanol–water partition coefficient (Wildman–Crippen LogP) is 4.94. The monoisotopic (exact) mass is 445 g/mol. The second-order valence-corrected chi connectivity index (χ2v) is 7.39. The maximum Gasteiger partial charge on any atom is 0.233 e. The van der Waals surface area contributed by atoms with Crippen molar-refractivity contribution < 1.29 is 18.3 Å². The summed E-state index contributed by atoms with van der Waals surface area (Å²) in [5.74, 6) is -2.04. The Balaban J connectivity index is 1.44. The SMILES string of the molecule is Cc1cc(Oc2cccc(F)c2F)ccc1-n1ncc(C(=O)c2nc3ccccc3[nH]2)c1N. The number of ketones is 1. The number of carbonyl (C=O) groups is 1. The minimum absolute atomic E-state index is 0.147. The van der Waals surface area contributed by atoms with Crippen molar-refractivity contribution in [3.63, 3.8) is 0 Å². The number of nitrogens with one attached hydrogen (secondary N) is 1. The Morgan fingerprint density at radius 3 is 2.70 bits per heavy atom. The van der Waals surface area contributed by atoms with Gasteiger partial charge in [-0.25, -0.2) is 14.1 Å². The molecule has 3 N–H and O–H groups in total. The van der Waals surface area contributed by atoms with E-state index in [2.05, 4.69) is 15.1 Å². The molecule has 0 aliphatic rings. The average molecular weight is 445 g/mol. The molecule has 2 aromatic heterocycles. The number of para-hydroxylation sites is 2. The zero-order valence-corrected chi connectivity index (χ0v) is 17.3. The van der Waals surface area contributed by atoms with E-state index in [1.54, 1.807) is 31.2 Å². The Morgan fingerprint density at radius 1 is 1.09 bits per heavy atom. The first kappa shape index (κ1) is 20.4. The number of fused-ring (bicyclic) bond motifs is 1. The molecule has 0 aliphatic carbocycles. The second kappa shape index (κ2) is 7.86. The van der Waals surface area contributed by atoms with Gasteiger partial charge in [0.2, 0.25) is 11.6 Å². The number of carbonyl (C=O) groups excluding carboxylic acids is 1. The van der Waals surface area contributed by atoms with E-state index in [-0.39, 0.29) is 28.7 Å². The molecule has 0 saturated carbocycles. The zero-order valence-electron chi connectivity index (χ0n) is 17.3. The summed E-state index contributed by atoms with van der Waals surface area (Å²) >= 11 is 0. The Bertz CT molecular complexity index is 1490. The molecule has 7 nitrogen and oxygen atoms in total. The van der Waals surface area contributed by atoms with Gasteiger partial charge in [-0.1, -0.05) is 18.2 Å². The zero-order chi connectivity index (χ0) is 23.1. The quantitative estimate of drug-likeness (QED) is 0.373. The Morgan fingerprint density at radius 2 is 1.91 bits per heavy atom. The van der Waals surface area contributed by atoms with Gasteiger partial charge in [0, 0.05) is 0 Å². The van der Waals surface area contributed by atoms with Crippen molar-refractivity contribution in [2.45, 2.75) is 6.92 Å². The molecule has 5 aromatic rings. The Hall–Kier alpha value is -4.53. The third-order valence-electron chi connectivity index (χ3n) is 5.20. The molecule has 0 fully saturated rings. The number of rotatable bonds is 5. The highest BCUT2D eigenvalue weighted by Gasteiger charge is 2.21. The topological polar surface area (TPSA) is 98.8 Å². The third kappa shape index (κ3) is 3.59. The highest BCUT2D eigenvalue weighted by Crippen LogP contribution is 2.29. The van der Waals surface area contributed by atoms with Crippen LogP contribution in [0.1, 0.15) is 21.7 Å². The lowest BCUT2D eigenvalue weighted by molar-refractivity contribution is 0.103. The molecular formula is C24H17F2N5O2. The molecule has 0 bridgehead atoms. The van der Waals surface area contributed by atoms with Crippen molar-refractivity contribution in [1.82, 2.24) is 19.7 Å². The van der Waals surface area contributed by atoms with Crippen LogP contribution >= 0.6 is 0 Å². The van der Waals surface area contributed by atoms with Crippen LogP contribution in [0, 0.1) is 18.6 Å². The van der Waals surface area contributed by atoms with Crippen molar-refractivity contribution in [3.05, 3.63) is 95.4 Å². The van der Waals surface area contributed by atoms with Crippen LogP contribution in [-0.4, -0.2) is 25.5 Å². The standard InChI is InChI=1S/C24H17F2N5O2/c1-13-11-14(33-20-8-4-5-16(25)21(20)26)9-10-19(13)31-23(27)15(12-28-31)22(32)24-29-17-6-2-3-7-18(17)30-24/h2-12H,27H2,1H3,(H,29,30). The van der Waals surface area contributed by atoms with Crippen LogP contribution in [0.4, 0.5) is 14.6 Å². The number of aromatic nitrogens is 4. The summed E-state index contributed by atoms with van der Waals surface area (Å²) in [6.45, 7) is 1.78. The molecular weight excluding hydrogens is 428 g/mol. The normalized spacial score (nSPS) is 11.1. The van der Waals surface area contributed by atoms with E-state index in [9.17, 15) is 13.6 Å². The van der Waals surface area contributed by atoms with Gasteiger partial charge in [-0.3, -0.25) is 4.79 Å². The highest BCUT2D eigenvalue weighted by atomic mass is 19.2. The van der Waals surface area contributed by atoms with Crippen molar-refractivity contribution >= 4 is 22.6 Å². The maximum atomic E-state index is 13.9. The first-order valence-corrected chi connectivity index (χ1v) is 9.98. The fourth-order valence-corrected chi connectivity index (χ4v) is 3.53. The van der Waals surface area contributed by atoms with Gasteiger partial charge in [0.05, 0.1) is 28.5 Å². The van der Waals surface area contributed by atoms with Crippen LogP contribution < -0.4 is 10.5 Å². The molecule has 3 aromatic carbocycles. The minimum atomic E-state index is -1.07. The number of H-pyrrole nitrogens is 1. The van der Waals surface area contributed by atoms with E-state index >= 15 is 0 Å². The number of nitrogens with zero attached hydrogens (tertiary/aromatic N) is 3. The number of imidazole rings is 1. The summed E-state index contributed by atoms with van der Waals surface area (Å²) in [5.41, 5.74) is 9.17. The van der Waals surface area contributed by atoms with E-state index in [0.717, 1.165) is 11.6 Å². The Kier molecular flexibility index (Phi) is 4.86. The fourth-order valence-electron chi connectivity index (χ4n) is 3.53. The number of hydrogen-bond acceptors (Lipinski definition) is 5. The molecule has 0 spiro atoms. The molecule has 33 heavy (non-hydrogen) atoms. The van der Waals surface area contributed by atoms with Crippen molar-refractivity contribution in [2.75, 3.05) is 5.73 Å². The molecule has 0 saturated heterocycles. The van der Waals surface area contributed by atoms with Crippen molar-refractivity contribution in [2.24, 2.45) is 0 Å². The van der Waals surface area contributed by atoms with Crippen LogP contribution in [0.3, 0.4) is 0 Å². The van der Waals surface area contributed by atoms with Gasteiger partial charge in [0.15, 0.2) is 17.4 Å². The fraction of sp³-hybridized carbons (Fsp3) is 0.0417. The molecule has 5 rings (SSSR count). The minimum Gasteiger partial charge on any atom is -0.454 e. The van der Waals surface area contributed by atoms with Crippen LogP contribution in [0.5, 0.6) is 11.5 Å². The molecule has 0 aliphatic heterocycles.